The molecule has 0 aromatic heterocycles. The molecule has 0 aliphatic rings. The highest BCUT2D eigenvalue weighted by atomic mass is 32.2. The van der Waals surface area contributed by atoms with E-state index in [1.165, 1.54) is 0 Å². The van der Waals surface area contributed by atoms with Crippen LogP contribution >= 0.6 is 0 Å². The van der Waals surface area contributed by atoms with Crippen molar-refractivity contribution < 1.29 is 13.2 Å². The second-order valence-corrected chi connectivity index (χ2v) is 5.96. The van der Waals surface area contributed by atoms with Gasteiger partial charge in [-0.05, 0) is 41.5 Å². The Morgan fingerprint density at radius 2 is 1.78 bits per heavy atom. The van der Waals surface area contributed by atoms with E-state index in [1.807, 2.05) is 12.1 Å². The number of hydrogen-bond acceptors (Lipinski definition) is 4. The maximum absolute atomic E-state index is 11.0. The molecule has 0 spiro atoms. The van der Waals surface area contributed by atoms with Gasteiger partial charge >= 0.3 is 0 Å². The largest absolute Gasteiger partial charge is 0.497 e. The van der Waals surface area contributed by atoms with Gasteiger partial charge in [0.2, 0.25) is 0 Å². The van der Waals surface area contributed by atoms with Crippen molar-refractivity contribution in [3.8, 4) is 11.8 Å². The number of methoxy groups -OCH3 is 1. The highest BCUT2D eigenvalue weighted by Crippen LogP contribution is 2.21. The van der Waals surface area contributed by atoms with E-state index in [0.717, 1.165) is 11.3 Å². The van der Waals surface area contributed by atoms with Crippen LogP contribution in [0.25, 0.3) is 11.6 Å². The van der Waals surface area contributed by atoms with E-state index >= 15 is 0 Å². The number of nitrogens with zero attached hydrogens (tertiary/aromatic N) is 1. The van der Waals surface area contributed by atoms with E-state index < -0.39 is 10.2 Å². The Balaban J connectivity index is 2.26. The molecule has 0 unspecified atom stereocenters. The Hall–Kier alpha value is -2.82. The summed E-state index contributed by atoms with van der Waals surface area (Å²) in [5.74, 6) is 0.735. The summed E-state index contributed by atoms with van der Waals surface area (Å²) in [6, 6.07) is 15.8. The standard InChI is InChI=1S/C16H15N3O3S/c1-22-16-8-2-12(3-9-16)10-14(11-17)13-4-6-15(7-5-13)19-23(18,20)21/h2-10,19H,1H3,(H2,18,20,21)/b14-10+. The second-order valence-electron chi connectivity index (χ2n) is 4.67. The molecule has 0 radical (unpaired) electrons. The third-order valence-corrected chi connectivity index (χ3v) is 3.52. The molecule has 2 rings (SSSR count). The zero-order chi connectivity index (χ0) is 16.9. The van der Waals surface area contributed by atoms with E-state index in [2.05, 4.69) is 10.8 Å². The van der Waals surface area contributed by atoms with Gasteiger partial charge in [0, 0.05) is 5.69 Å². The van der Waals surface area contributed by atoms with Crippen LogP contribution in [0.5, 0.6) is 5.75 Å². The average molecular weight is 329 g/mol. The van der Waals surface area contributed by atoms with Crippen LogP contribution < -0.4 is 14.6 Å². The Kier molecular flexibility index (Phi) is 5.01. The molecule has 0 aliphatic heterocycles. The molecule has 0 heterocycles. The van der Waals surface area contributed by atoms with Gasteiger partial charge < -0.3 is 4.74 Å². The van der Waals surface area contributed by atoms with Crippen LogP contribution in [0.15, 0.2) is 48.5 Å². The number of nitrogens with two attached hydrogens (primary N) is 1. The third-order valence-electron chi connectivity index (χ3n) is 3.00. The van der Waals surface area contributed by atoms with Crippen molar-refractivity contribution in [3.05, 3.63) is 59.7 Å². The van der Waals surface area contributed by atoms with Crippen molar-refractivity contribution >= 4 is 27.5 Å². The molecule has 0 aliphatic carbocycles. The smallest absolute Gasteiger partial charge is 0.296 e. The summed E-state index contributed by atoms with van der Waals surface area (Å²) in [6.07, 6.45) is 1.74. The molecule has 0 amide bonds. The molecule has 0 saturated heterocycles. The van der Waals surface area contributed by atoms with Gasteiger partial charge in [-0.2, -0.15) is 13.7 Å². The van der Waals surface area contributed by atoms with Crippen molar-refractivity contribution in [1.29, 1.82) is 5.26 Å². The van der Waals surface area contributed by atoms with Crippen molar-refractivity contribution in [2.75, 3.05) is 11.8 Å². The van der Waals surface area contributed by atoms with E-state index in [9.17, 15) is 13.7 Å². The molecular formula is C16H15N3O3S. The van der Waals surface area contributed by atoms with Crippen LogP contribution in [-0.2, 0) is 10.2 Å². The van der Waals surface area contributed by atoms with Crippen LogP contribution in [0, 0.1) is 11.3 Å². The lowest BCUT2D eigenvalue weighted by Gasteiger charge is -2.05. The number of nitriles is 1. The first-order chi connectivity index (χ1) is 10.9. The summed E-state index contributed by atoms with van der Waals surface area (Å²) in [4.78, 5) is 0. The fourth-order valence-electron chi connectivity index (χ4n) is 1.93. The predicted octanol–water partition coefficient (Wildman–Crippen LogP) is 2.37. The third kappa shape index (κ3) is 4.85. The highest BCUT2D eigenvalue weighted by molar-refractivity contribution is 7.90. The number of rotatable bonds is 5. The van der Waals surface area contributed by atoms with Crippen molar-refractivity contribution in [2.45, 2.75) is 0 Å². The molecule has 0 saturated carbocycles. The Labute approximate surface area is 135 Å². The van der Waals surface area contributed by atoms with Crippen LogP contribution in [0.1, 0.15) is 11.1 Å². The lowest BCUT2D eigenvalue weighted by Crippen LogP contribution is -2.21. The molecule has 0 atom stereocenters. The maximum atomic E-state index is 11.0. The Bertz CT molecular complexity index is 849. The molecule has 0 fully saturated rings. The quantitative estimate of drug-likeness (QED) is 0.649. The minimum absolute atomic E-state index is 0.331. The molecule has 118 valence electrons. The van der Waals surface area contributed by atoms with Gasteiger partial charge in [-0.15, -0.1) is 0 Å². The van der Waals surface area contributed by atoms with Gasteiger partial charge in [0.1, 0.15) is 5.75 Å². The van der Waals surface area contributed by atoms with Crippen LogP contribution in [0.4, 0.5) is 5.69 Å². The summed E-state index contributed by atoms with van der Waals surface area (Å²) in [6.45, 7) is 0. The summed E-state index contributed by atoms with van der Waals surface area (Å²) < 4.78 is 29.2. The highest BCUT2D eigenvalue weighted by Gasteiger charge is 2.05. The Morgan fingerprint density at radius 1 is 1.17 bits per heavy atom. The van der Waals surface area contributed by atoms with Gasteiger partial charge in [0.15, 0.2) is 0 Å². The number of allylic oxidation sites excluding steroid dienone is 1. The van der Waals surface area contributed by atoms with E-state index in [0.29, 0.717) is 16.8 Å². The van der Waals surface area contributed by atoms with Crippen molar-refractivity contribution in [3.63, 3.8) is 0 Å². The van der Waals surface area contributed by atoms with E-state index in [4.69, 9.17) is 9.88 Å². The zero-order valence-electron chi connectivity index (χ0n) is 12.4. The molecule has 3 N–H and O–H groups in total. The minimum atomic E-state index is -3.81. The van der Waals surface area contributed by atoms with E-state index in [-0.39, 0.29) is 0 Å². The van der Waals surface area contributed by atoms with Crippen LogP contribution in [0.2, 0.25) is 0 Å². The summed E-state index contributed by atoms with van der Waals surface area (Å²) >= 11 is 0. The fourth-order valence-corrected chi connectivity index (χ4v) is 2.39. The monoisotopic (exact) mass is 329 g/mol. The lowest BCUT2D eigenvalue weighted by molar-refractivity contribution is 0.415. The second kappa shape index (κ2) is 6.96. The van der Waals surface area contributed by atoms with Crippen molar-refractivity contribution in [1.82, 2.24) is 0 Å². The summed E-state index contributed by atoms with van der Waals surface area (Å²) in [5.41, 5.74) is 2.31. The number of anilines is 1. The first-order valence-electron chi connectivity index (χ1n) is 6.58. The van der Waals surface area contributed by atoms with Crippen molar-refractivity contribution in [2.24, 2.45) is 5.14 Å². The number of benzene rings is 2. The van der Waals surface area contributed by atoms with Gasteiger partial charge in [-0.25, -0.2) is 5.14 Å². The van der Waals surface area contributed by atoms with Gasteiger partial charge in [-0.1, -0.05) is 24.3 Å². The van der Waals surface area contributed by atoms with Gasteiger partial charge in [0.05, 0.1) is 18.8 Å². The lowest BCUT2D eigenvalue weighted by atomic mass is 10.0. The normalized spacial score (nSPS) is 11.6. The predicted molar refractivity (Wildman–Crippen MR) is 89.6 cm³/mol. The minimum Gasteiger partial charge on any atom is -0.497 e. The number of nitrogens with one attached hydrogen (secondary N) is 1. The van der Waals surface area contributed by atoms with Crippen LogP contribution in [0.3, 0.4) is 0 Å². The molecule has 23 heavy (non-hydrogen) atoms. The van der Waals surface area contributed by atoms with Crippen LogP contribution in [-0.4, -0.2) is 15.5 Å². The molecule has 7 heteroatoms. The molecule has 2 aromatic rings. The van der Waals surface area contributed by atoms with E-state index in [1.54, 1.807) is 49.6 Å². The first-order valence-corrected chi connectivity index (χ1v) is 8.13. The fraction of sp³-hybridized carbons (Fsp3) is 0.0625. The molecule has 2 aromatic carbocycles. The summed E-state index contributed by atoms with van der Waals surface area (Å²) in [7, 11) is -2.23. The Morgan fingerprint density at radius 3 is 2.26 bits per heavy atom. The maximum Gasteiger partial charge on any atom is 0.296 e. The molecular weight excluding hydrogens is 314 g/mol. The topological polar surface area (TPSA) is 105 Å². The SMILES string of the molecule is COc1ccc(/C=C(\C#N)c2ccc(NS(N)(=O)=O)cc2)cc1. The van der Waals surface area contributed by atoms with Gasteiger partial charge in [-0.3, -0.25) is 4.72 Å². The molecule has 0 bridgehead atoms. The molecule has 6 nitrogen and oxygen atoms in total. The summed E-state index contributed by atoms with van der Waals surface area (Å²) in [5, 5.41) is 14.2. The zero-order valence-corrected chi connectivity index (χ0v) is 13.2. The number of ether oxygens (including phenoxy) is 1. The number of hydrogen-bond donors (Lipinski definition) is 2. The average Bonchev–Trinajstić information content (AvgIpc) is 2.52. The first kappa shape index (κ1) is 16.5. The van der Waals surface area contributed by atoms with Gasteiger partial charge in [0.25, 0.3) is 10.2 Å².